The van der Waals surface area contributed by atoms with Gasteiger partial charge in [-0.2, -0.15) is 0 Å². The van der Waals surface area contributed by atoms with Gasteiger partial charge in [-0.05, 0) is 30.2 Å². The zero-order valence-electron chi connectivity index (χ0n) is 16.9. The molecular formula is C22H21N3O4S2. The SMILES string of the molecule is COC(=O)CSc1nc2ccc(NC(=O)C3CCC(=O)N3Cc3ccccc3)cc2s1. The molecule has 1 saturated heterocycles. The number of hydrogen-bond acceptors (Lipinski definition) is 7. The second kappa shape index (κ2) is 9.49. The predicted octanol–water partition coefficient (Wildman–Crippen LogP) is 3.69. The summed E-state index contributed by atoms with van der Waals surface area (Å²) in [6.45, 7) is 0.423. The minimum atomic E-state index is -0.490. The molecule has 2 heterocycles. The van der Waals surface area contributed by atoms with Crippen molar-refractivity contribution >= 4 is 56.8 Å². The zero-order valence-corrected chi connectivity index (χ0v) is 18.5. The molecule has 0 spiro atoms. The molecular weight excluding hydrogens is 434 g/mol. The van der Waals surface area contributed by atoms with Gasteiger partial charge in [-0.3, -0.25) is 14.4 Å². The number of esters is 1. The highest BCUT2D eigenvalue weighted by atomic mass is 32.2. The highest BCUT2D eigenvalue weighted by Gasteiger charge is 2.36. The average Bonchev–Trinajstić information content (AvgIpc) is 3.35. The second-order valence-electron chi connectivity index (χ2n) is 7.08. The lowest BCUT2D eigenvalue weighted by atomic mass is 10.1. The number of benzene rings is 2. The number of carbonyl (C=O) groups excluding carboxylic acids is 3. The van der Waals surface area contributed by atoms with E-state index in [0.717, 1.165) is 20.1 Å². The molecule has 0 radical (unpaired) electrons. The van der Waals surface area contributed by atoms with Crippen molar-refractivity contribution in [3.05, 3.63) is 54.1 Å². The number of thiazole rings is 1. The first-order valence-electron chi connectivity index (χ1n) is 9.78. The van der Waals surface area contributed by atoms with E-state index in [0.29, 0.717) is 25.1 Å². The quantitative estimate of drug-likeness (QED) is 0.432. The molecule has 2 aromatic carbocycles. The molecule has 160 valence electrons. The van der Waals surface area contributed by atoms with Crippen LogP contribution in [0.4, 0.5) is 5.69 Å². The number of ether oxygens (including phenoxy) is 1. The number of methoxy groups -OCH3 is 1. The van der Waals surface area contributed by atoms with E-state index in [9.17, 15) is 14.4 Å². The van der Waals surface area contributed by atoms with Crippen molar-refractivity contribution in [2.75, 3.05) is 18.2 Å². The summed E-state index contributed by atoms with van der Waals surface area (Å²) in [4.78, 5) is 42.8. The molecule has 0 aliphatic carbocycles. The van der Waals surface area contributed by atoms with Crippen molar-refractivity contribution in [3.8, 4) is 0 Å². The smallest absolute Gasteiger partial charge is 0.316 e. The van der Waals surface area contributed by atoms with Gasteiger partial charge in [0, 0.05) is 18.7 Å². The maximum Gasteiger partial charge on any atom is 0.316 e. The number of likely N-dealkylation sites (tertiary alicyclic amines) is 1. The molecule has 1 aliphatic heterocycles. The monoisotopic (exact) mass is 455 g/mol. The van der Waals surface area contributed by atoms with Crippen molar-refractivity contribution < 1.29 is 19.1 Å². The van der Waals surface area contributed by atoms with Crippen molar-refractivity contribution in [1.82, 2.24) is 9.88 Å². The number of thioether (sulfide) groups is 1. The first-order chi connectivity index (χ1) is 15.0. The summed E-state index contributed by atoms with van der Waals surface area (Å²) in [6.07, 6.45) is 0.883. The zero-order chi connectivity index (χ0) is 21.8. The van der Waals surface area contributed by atoms with E-state index >= 15 is 0 Å². The Morgan fingerprint density at radius 3 is 2.84 bits per heavy atom. The molecule has 7 nitrogen and oxygen atoms in total. The summed E-state index contributed by atoms with van der Waals surface area (Å²) in [5, 5.41) is 2.95. The first-order valence-corrected chi connectivity index (χ1v) is 11.6. The second-order valence-corrected chi connectivity index (χ2v) is 9.33. The molecule has 1 fully saturated rings. The van der Waals surface area contributed by atoms with Gasteiger partial charge in [0.25, 0.3) is 0 Å². The Labute approximate surface area is 187 Å². The molecule has 1 atom stereocenters. The molecule has 31 heavy (non-hydrogen) atoms. The number of aromatic nitrogens is 1. The molecule has 0 saturated carbocycles. The average molecular weight is 456 g/mol. The number of carbonyl (C=O) groups is 3. The maximum atomic E-state index is 12.9. The number of nitrogens with zero attached hydrogens (tertiary/aromatic N) is 2. The largest absolute Gasteiger partial charge is 0.468 e. The third kappa shape index (κ3) is 5.05. The summed E-state index contributed by atoms with van der Waals surface area (Å²) >= 11 is 2.78. The van der Waals surface area contributed by atoms with Crippen molar-refractivity contribution in [2.24, 2.45) is 0 Å². The third-order valence-corrected chi connectivity index (χ3v) is 7.14. The maximum absolute atomic E-state index is 12.9. The van der Waals surface area contributed by atoms with E-state index < -0.39 is 6.04 Å². The Hall–Kier alpha value is -2.91. The normalized spacial score (nSPS) is 16.0. The fourth-order valence-electron chi connectivity index (χ4n) is 3.43. The van der Waals surface area contributed by atoms with E-state index in [4.69, 9.17) is 0 Å². The number of rotatable bonds is 7. The van der Waals surface area contributed by atoms with Crippen LogP contribution in [0, 0.1) is 0 Å². The highest BCUT2D eigenvalue weighted by Crippen LogP contribution is 2.31. The van der Waals surface area contributed by atoms with Crippen LogP contribution in [-0.4, -0.2) is 46.6 Å². The van der Waals surface area contributed by atoms with Gasteiger partial charge in [-0.1, -0.05) is 42.1 Å². The lowest BCUT2D eigenvalue weighted by Gasteiger charge is -2.24. The van der Waals surface area contributed by atoms with Crippen LogP contribution in [0.15, 0.2) is 52.9 Å². The molecule has 1 aromatic heterocycles. The van der Waals surface area contributed by atoms with Crippen LogP contribution in [0.3, 0.4) is 0 Å². The van der Waals surface area contributed by atoms with Crippen molar-refractivity contribution in [3.63, 3.8) is 0 Å². The number of fused-ring (bicyclic) bond motifs is 1. The van der Waals surface area contributed by atoms with E-state index in [2.05, 4.69) is 15.0 Å². The van der Waals surface area contributed by atoms with E-state index in [1.54, 1.807) is 11.0 Å². The first kappa shape index (κ1) is 21.3. The van der Waals surface area contributed by atoms with Crippen LogP contribution in [0.2, 0.25) is 0 Å². The van der Waals surface area contributed by atoms with Crippen molar-refractivity contribution in [2.45, 2.75) is 29.8 Å². The molecule has 0 bridgehead atoms. The lowest BCUT2D eigenvalue weighted by Crippen LogP contribution is -2.41. The lowest BCUT2D eigenvalue weighted by molar-refractivity contribution is -0.137. The van der Waals surface area contributed by atoms with Gasteiger partial charge in [0.05, 0.1) is 23.1 Å². The topological polar surface area (TPSA) is 88.6 Å². The van der Waals surface area contributed by atoms with Crippen LogP contribution in [0.1, 0.15) is 18.4 Å². The molecule has 1 aliphatic rings. The van der Waals surface area contributed by atoms with Gasteiger partial charge >= 0.3 is 5.97 Å². The van der Waals surface area contributed by atoms with Crippen LogP contribution < -0.4 is 5.32 Å². The highest BCUT2D eigenvalue weighted by molar-refractivity contribution is 8.01. The van der Waals surface area contributed by atoms with Gasteiger partial charge in [0.2, 0.25) is 11.8 Å². The summed E-state index contributed by atoms with van der Waals surface area (Å²) in [5.41, 5.74) is 2.46. The Balaban J connectivity index is 1.44. The fraction of sp³-hybridized carbons (Fsp3) is 0.273. The van der Waals surface area contributed by atoms with Gasteiger partial charge < -0.3 is 15.0 Å². The van der Waals surface area contributed by atoms with Crippen molar-refractivity contribution in [1.29, 1.82) is 0 Å². The summed E-state index contributed by atoms with van der Waals surface area (Å²) in [5.74, 6) is -0.295. The molecule has 3 aromatic rings. The number of amides is 2. The van der Waals surface area contributed by atoms with Gasteiger partial charge in [0.1, 0.15) is 6.04 Å². The van der Waals surface area contributed by atoms with E-state index in [1.807, 2.05) is 42.5 Å². The number of nitrogens with one attached hydrogen (secondary N) is 1. The predicted molar refractivity (Wildman–Crippen MR) is 121 cm³/mol. The Kier molecular flexibility index (Phi) is 6.53. The third-order valence-electron chi connectivity index (χ3n) is 5.00. The number of anilines is 1. The fourth-order valence-corrected chi connectivity index (χ4v) is 5.37. The summed E-state index contributed by atoms with van der Waals surface area (Å²) < 4.78 is 6.33. The van der Waals surface area contributed by atoms with Crippen LogP contribution in [-0.2, 0) is 25.7 Å². The van der Waals surface area contributed by atoms with E-state index in [-0.39, 0.29) is 23.5 Å². The molecule has 1 N–H and O–H groups in total. The molecule has 2 amide bonds. The van der Waals surface area contributed by atoms with E-state index in [1.165, 1.54) is 30.2 Å². The number of hydrogen-bond donors (Lipinski definition) is 1. The van der Waals surface area contributed by atoms with Crippen LogP contribution in [0.25, 0.3) is 10.2 Å². The molecule has 4 rings (SSSR count). The Morgan fingerprint density at radius 2 is 2.06 bits per heavy atom. The van der Waals surface area contributed by atoms with Gasteiger partial charge in [0.15, 0.2) is 4.34 Å². The van der Waals surface area contributed by atoms with Crippen LogP contribution in [0.5, 0.6) is 0 Å². The molecule has 1 unspecified atom stereocenters. The van der Waals surface area contributed by atoms with Gasteiger partial charge in [-0.25, -0.2) is 4.98 Å². The minimum absolute atomic E-state index is 0.00538. The summed E-state index contributed by atoms with van der Waals surface area (Å²) in [6, 6.07) is 14.7. The Morgan fingerprint density at radius 1 is 1.26 bits per heavy atom. The van der Waals surface area contributed by atoms with Crippen LogP contribution >= 0.6 is 23.1 Å². The molecule has 9 heteroatoms. The standard InChI is InChI=1S/C22H21N3O4S2/c1-29-20(27)13-30-22-24-16-8-7-15(11-18(16)31-22)23-21(28)17-9-10-19(26)25(17)12-14-5-3-2-4-6-14/h2-8,11,17H,9-10,12-13H2,1H3,(H,23,28). The van der Waals surface area contributed by atoms with Gasteiger partial charge in [-0.15, -0.1) is 11.3 Å². The minimum Gasteiger partial charge on any atom is -0.468 e. The Bertz CT molecular complexity index is 1120. The summed E-state index contributed by atoms with van der Waals surface area (Å²) in [7, 11) is 1.36.